The molecule has 1 aliphatic rings. The number of aromatic carboxylic acids is 1. The lowest BCUT2D eigenvalue weighted by Crippen LogP contribution is -2.43. The molecule has 0 amide bonds. The van der Waals surface area contributed by atoms with Gasteiger partial charge in [-0.05, 0) is 38.0 Å². The van der Waals surface area contributed by atoms with Crippen molar-refractivity contribution in [3.05, 3.63) is 76.9 Å². The number of rotatable bonds is 3. The van der Waals surface area contributed by atoms with Gasteiger partial charge in [0, 0.05) is 28.4 Å². The second-order valence-electron chi connectivity index (χ2n) is 6.65. The summed E-state index contributed by atoms with van der Waals surface area (Å²) in [6.07, 6.45) is 2.48. The summed E-state index contributed by atoms with van der Waals surface area (Å²) in [5.74, 6) is -1.15. The van der Waals surface area contributed by atoms with Gasteiger partial charge in [-0.25, -0.2) is 4.79 Å². The zero-order chi connectivity index (χ0) is 17.3. The Balaban J connectivity index is 1.95. The van der Waals surface area contributed by atoms with Gasteiger partial charge in [0.05, 0.1) is 5.56 Å². The van der Waals surface area contributed by atoms with Gasteiger partial charge in [-0.15, -0.1) is 0 Å². The molecule has 1 heterocycles. The van der Waals surface area contributed by atoms with Gasteiger partial charge in [-0.2, -0.15) is 0 Å². The Bertz CT molecular complexity index is 832. The average molecular weight is 321 g/mol. The van der Waals surface area contributed by atoms with E-state index in [1.807, 2.05) is 18.2 Å². The number of fused-ring (bicyclic) bond motifs is 1. The first-order valence-electron chi connectivity index (χ1n) is 7.82. The van der Waals surface area contributed by atoms with Gasteiger partial charge < -0.3 is 10.4 Å². The lowest BCUT2D eigenvalue weighted by atomic mass is 9.85. The second-order valence-corrected chi connectivity index (χ2v) is 6.65. The van der Waals surface area contributed by atoms with Crippen LogP contribution in [0.15, 0.2) is 54.6 Å². The van der Waals surface area contributed by atoms with Crippen LogP contribution in [-0.4, -0.2) is 22.4 Å². The highest BCUT2D eigenvalue weighted by Crippen LogP contribution is 2.29. The van der Waals surface area contributed by atoms with Crippen LogP contribution in [0.4, 0.5) is 0 Å². The summed E-state index contributed by atoms with van der Waals surface area (Å²) in [5, 5.41) is 12.4. The van der Waals surface area contributed by atoms with Crippen LogP contribution >= 0.6 is 0 Å². The molecule has 0 radical (unpaired) electrons. The zero-order valence-electron chi connectivity index (χ0n) is 13.7. The predicted octanol–water partition coefficient (Wildman–Crippen LogP) is 3.53. The minimum Gasteiger partial charge on any atom is -0.478 e. The van der Waals surface area contributed by atoms with Crippen LogP contribution in [0.2, 0.25) is 0 Å². The molecule has 0 saturated carbocycles. The average Bonchev–Trinajstić information content (AvgIpc) is 2.53. The van der Waals surface area contributed by atoms with Gasteiger partial charge in [-0.3, -0.25) is 4.79 Å². The number of hydrogen-bond donors (Lipinski definition) is 2. The van der Waals surface area contributed by atoms with E-state index in [0.717, 1.165) is 17.7 Å². The van der Waals surface area contributed by atoms with E-state index in [0.29, 0.717) is 5.56 Å². The van der Waals surface area contributed by atoms with Crippen LogP contribution in [0.5, 0.6) is 0 Å². The van der Waals surface area contributed by atoms with Crippen molar-refractivity contribution in [1.29, 1.82) is 0 Å². The fraction of sp³-hybridized carbons (Fsp3) is 0.200. The van der Waals surface area contributed by atoms with E-state index in [1.165, 1.54) is 17.7 Å². The third kappa shape index (κ3) is 3.23. The highest BCUT2D eigenvalue weighted by Gasteiger charge is 2.27. The van der Waals surface area contributed by atoms with Crippen LogP contribution in [-0.2, 0) is 6.42 Å². The molecule has 0 saturated heterocycles. The number of ketones is 1. The summed E-state index contributed by atoms with van der Waals surface area (Å²) in [7, 11) is 0. The summed E-state index contributed by atoms with van der Waals surface area (Å²) in [6.45, 7) is 4.20. The summed E-state index contributed by atoms with van der Waals surface area (Å²) in [5.41, 5.74) is 3.55. The van der Waals surface area contributed by atoms with Gasteiger partial charge in [0.1, 0.15) is 0 Å². The molecule has 0 unspecified atom stereocenters. The maximum absolute atomic E-state index is 12.6. The van der Waals surface area contributed by atoms with Gasteiger partial charge in [0.15, 0.2) is 5.78 Å². The molecule has 0 atom stereocenters. The molecule has 122 valence electrons. The molecule has 0 spiro atoms. The van der Waals surface area contributed by atoms with E-state index >= 15 is 0 Å². The molecule has 4 heteroatoms. The summed E-state index contributed by atoms with van der Waals surface area (Å²) in [4.78, 5) is 23.5. The molecule has 0 bridgehead atoms. The molecule has 2 N–H and O–H groups in total. The maximum Gasteiger partial charge on any atom is 0.335 e. The van der Waals surface area contributed by atoms with Crippen LogP contribution < -0.4 is 5.32 Å². The SMILES string of the molecule is CC1(C)Cc2ccccc2C(=CC(=O)c2ccc(C(=O)O)cc2)N1. The van der Waals surface area contributed by atoms with E-state index in [-0.39, 0.29) is 16.9 Å². The van der Waals surface area contributed by atoms with Crippen LogP contribution in [0.25, 0.3) is 5.70 Å². The number of carboxylic acids is 1. The molecule has 2 aromatic carbocycles. The quantitative estimate of drug-likeness (QED) is 0.670. The number of carbonyl (C=O) groups excluding carboxylic acids is 1. The number of allylic oxidation sites excluding steroid dienone is 1. The molecule has 24 heavy (non-hydrogen) atoms. The fourth-order valence-electron chi connectivity index (χ4n) is 2.99. The van der Waals surface area contributed by atoms with E-state index in [9.17, 15) is 9.59 Å². The fourth-order valence-corrected chi connectivity index (χ4v) is 2.99. The summed E-state index contributed by atoms with van der Waals surface area (Å²) in [6, 6.07) is 14.0. The molecule has 0 fully saturated rings. The number of benzene rings is 2. The van der Waals surface area contributed by atoms with E-state index in [4.69, 9.17) is 5.11 Å². The summed E-state index contributed by atoms with van der Waals surface area (Å²) >= 11 is 0. The molecule has 1 aliphatic heterocycles. The van der Waals surface area contributed by atoms with Crippen molar-refractivity contribution in [2.75, 3.05) is 0 Å². The minimum atomic E-state index is -1.00. The highest BCUT2D eigenvalue weighted by atomic mass is 16.4. The van der Waals surface area contributed by atoms with E-state index in [1.54, 1.807) is 18.2 Å². The van der Waals surface area contributed by atoms with Gasteiger partial charge in [0.2, 0.25) is 0 Å². The van der Waals surface area contributed by atoms with Crippen molar-refractivity contribution in [2.45, 2.75) is 25.8 Å². The van der Waals surface area contributed by atoms with E-state index in [2.05, 4.69) is 25.2 Å². The van der Waals surface area contributed by atoms with Crippen molar-refractivity contribution in [3.8, 4) is 0 Å². The first-order chi connectivity index (χ1) is 11.4. The molecule has 0 aliphatic carbocycles. The van der Waals surface area contributed by atoms with E-state index < -0.39 is 5.97 Å². The Labute approximate surface area is 140 Å². The van der Waals surface area contributed by atoms with Crippen LogP contribution in [0.1, 0.15) is 45.7 Å². The molecule has 0 aromatic heterocycles. The third-order valence-electron chi connectivity index (χ3n) is 4.10. The van der Waals surface area contributed by atoms with Crippen LogP contribution in [0, 0.1) is 0 Å². The Kier molecular flexibility index (Phi) is 3.97. The monoisotopic (exact) mass is 321 g/mol. The Morgan fingerprint density at radius 3 is 2.33 bits per heavy atom. The lowest BCUT2D eigenvalue weighted by Gasteiger charge is -2.35. The van der Waals surface area contributed by atoms with Crippen molar-refractivity contribution in [1.82, 2.24) is 5.32 Å². The van der Waals surface area contributed by atoms with Gasteiger partial charge >= 0.3 is 5.97 Å². The number of nitrogens with one attached hydrogen (secondary N) is 1. The normalized spacial score (nSPS) is 17.0. The zero-order valence-corrected chi connectivity index (χ0v) is 13.7. The van der Waals surface area contributed by atoms with Gasteiger partial charge in [-0.1, -0.05) is 36.4 Å². The van der Waals surface area contributed by atoms with Crippen molar-refractivity contribution >= 4 is 17.4 Å². The van der Waals surface area contributed by atoms with Crippen molar-refractivity contribution < 1.29 is 14.7 Å². The van der Waals surface area contributed by atoms with Gasteiger partial charge in [0.25, 0.3) is 0 Å². The maximum atomic E-state index is 12.6. The topological polar surface area (TPSA) is 66.4 Å². The summed E-state index contributed by atoms with van der Waals surface area (Å²) < 4.78 is 0. The first-order valence-corrected chi connectivity index (χ1v) is 7.82. The van der Waals surface area contributed by atoms with Crippen molar-refractivity contribution in [3.63, 3.8) is 0 Å². The smallest absolute Gasteiger partial charge is 0.335 e. The number of carboxylic acid groups (broad SMARTS) is 1. The number of carbonyl (C=O) groups is 2. The third-order valence-corrected chi connectivity index (χ3v) is 4.10. The first kappa shape index (κ1) is 16.0. The molecule has 4 nitrogen and oxygen atoms in total. The minimum absolute atomic E-state index is 0.131. The predicted molar refractivity (Wildman–Crippen MR) is 93.1 cm³/mol. The Morgan fingerprint density at radius 2 is 1.67 bits per heavy atom. The highest BCUT2D eigenvalue weighted by molar-refractivity contribution is 6.09. The van der Waals surface area contributed by atoms with Crippen molar-refractivity contribution in [2.24, 2.45) is 0 Å². The Morgan fingerprint density at radius 1 is 1.04 bits per heavy atom. The van der Waals surface area contributed by atoms with Crippen LogP contribution in [0.3, 0.4) is 0 Å². The molecule has 2 aromatic rings. The molecular formula is C20H19NO3. The number of hydrogen-bond acceptors (Lipinski definition) is 3. The second kappa shape index (κ2) is 5.96. The standard InChI is InChI=1S/C20H19NO3/c1-20(2)12-15-5-3-4-6-16(15)17(21-20)11-18(22)13-7-9-14(10-8-13)19(23)24/h3-11,21H,12H2,1-2H3,(H,23,24). The Hall–Kier alpha value is -2.88. The molecular weight excluding hydrogens is 302 g/mol. The lowest BCUT2D eigenvalue weighted by molar-refractivity contribution is 0.0696. The molecule has 3 rings (SSSR count). The largest absolute Gasteiger partial charge is 0.478 e.